The second-order valence-corrected chi connectivity index (χ2v) is 5.16. The van der Waals surface area contributed by atoms with Crippen molar-refractivity contribution in [2.45, 2.75) is 38.3 Å². The Labute approximate surface area is 97.7 Å². The lowest BCUT2D eigenvalue weighted by Crippen LogP contribution is -2.38. The fraction of sp³-hybridized carbons (Fsp3) is 0.571. The van der Waals surface area contributed by atoms with Gasteiger partial charge in [0.1, 0.15) is 0 Å². The lowest BCUT2D eigenvalue weighted by molar-refractivity contribution is 0.0440. The zero-order chi connectivity index (χ0) is 11.4. The predicted molar refractivity (Wildman–Crippen MR) is 66.1 cm³/mol. The van der Waals surface area contributed by atoms with Gasteiger partial charge in [-0.15, -0.1) is 0 Å². The molecule has 2 heteroatoms. The van der Waals surface area contributed by atoms with Crippen LogP contribution in [0.3, 0.4) is 0 Å². The SMILES string of the molecule is C[C@@H]1CC[C@](O)(CNCc2ccccc2)C1. The molecule has 88 valence electrons. The second-order valence-electron chi connectivity index (χ2n) is 5.16. The average molecular weight is 219 g/mol. The third-order valence-corrected chi connectivity index (χ3v) is 3.46. The zero-order valence-electron chi connectivity index (χ0n) is 9.95. The van der Waals surface area contributed by atoms with Gasteiger partial charge in [0.05, 0.1) is 5.60 Å². The zero-order valence-corrected chi connectivity index (χ0v) is 9.95. The summed E-state index contributed by atoms with van der Waals surface area (Å²) in [6.07, 6.45) is 3.04. The molecule has 2 nitrogen and oxygen atoms in total. The van der Waals surface area contributed by atoms with Gasteiger partial charge >= 0.3 is 0 Å². The van der Waals surface area contributed by atoms with E-state index in [9.17, 15) is 5.11 Å². The van der Waals surface area contributed by atoms with Gasteiger partial charge in [0, 0.05) is 13.1 Å². The molecule has 0 amide bonds. The van der Waals surface area contributed by atoms with E-state index in [0.717, 1.165) is 25.8 Å². The lowest BCUT2D eigenvalue weighted by atomic mass is 10.0. The largest absolute Gasteiger partial charge is 0.389 e. The second kappa shape index (κ2) is 4.98. The normalized spacial score (nSPS) is 29.5. The van der Waals surface area contributed by atoms with Crippen LogP contribution in [0.4, 0.5) is 0 Å². The lowest BCUT2D eigenvalue weighted by Gasteiger charge is -2.23. The summed E-state index contributed by atoms with van der Waals surface area (Å²) >= 11 is 0. The van der Waals surface area contributed by atoms with E-state index in [-0.39, 0.29) is 0 Å². The molecule has 0 radical (unpaired) electrons. The number of aliphatic hydroxyl groups is 1. The molecule has 0 bridgehead atoms. The van der Waals surface area contributed by atoms with Gasteiger partial charge in [-0.05, 0) is 30.7 Å². The van der Waals surface area contributed by atoms with Crippen molar-refractivity contribution in [3.05, 3.63) is 35.9 Å². The van der Waals surface area contributed by atoms with Crippen molar-refractivity contribution in [2.75, 3.05) is 6.54 Å². The molecule has 0 heterocycles. The Bertz CT molecular complexity index is 325. The van der Waals surface area contributed by atoms with Crippen molar-refractivity contribution < 1.29 is 5.11 Å². The molecule has 2 rings (SSSR count). The molecular weight excluding hydrogens is 198 g/mol. The molecule has 1 aromatic rings. The van der Waals surface area contributed by atoms with E-state index in [1.54, 1.807) is 0 Å². The summed E-state index contributed by atoms with van der Waals surface area (Å²) in [4.78, 5) is 0. The molecule has 0 unspecified atom stereocenters. The summed E-state index contributed by atoms with van der Waals surface area (Å²) in [6, 6.07) is 10.3. The van der Waals surface area contributed by atoms with E-state index in [4.69, 9.17) is 0 Å². The van der Waals surface area contributed by atoms with Crippen molar-refractivity contribution in [1.82, 2.24) is 5.32 Å². The first-order chi connectivity index (χ1) is 7.68. The number of hydrogen-bond donors (Lipinski definition) is 2. The van der Waals surface area contributed by atoms with E-state index in [1.807, 2.05) is 18.2 Å². The number of nitrogens with one attached hydrogen (secondary N) is 1. The van der Waals surface area contributed by atoms with Crippen LogP contribution in [0.25, 0.3) is 0 Å². The van der Waals surface area contributed by atoms with Crippen LogP contribution in [0.15, 0.2) is 30.3 Å². The molecule has 0 aromatic heterocycles. The molecule has 2 N–H and O–H groups in total. The highest BCUT2D eigenvalue weighted by atomic mass is 16.3. The van der Waals surface area contributed by atoms with Crippen LogP contribution < -0.4 is 5.32 Å². The van der Waals surface area contributed by atoms with Gasteiger partial charge in [-0.3, -0.25) is 0 Å². The fourth-order valence-electron chi connectivity index (χ4n) is 2.56. The summed E-state index contributed by atoms with van der Waals surface area (Å²) in [7, 11) is 0. The van der Waals surface area contributed by atoms with Gasteiger partial charge in [0.15, 0.2) is 0 Å². The molecular formula is C14H21NO. The van der Waals surface area contributed by atoms with Crippen molar-refractivity contribution in [3.63, 3.8) is 0 Å². The first-order valence-electron chi connectivity index (χ1n) is 6.15. The Morgan fingerprint density at radius 3 is 2.75 bits per heavy atom. The minimum absolute atomic E-state index is 0.464. The van der Waals surface area contributed by atoms with E-state index in [1.165, 1.54) is 5.56 Å². The van der Waals surface area contributed by atoms with Crippen LogP contribution in [-0.4, -0.2) is 17.3 Å². The standard InChI is InChI=1S/C14H21NO/c1-12-7-8-14(16,9-12)11-15-10-13-5-3-2-4-6-13/h2-6,12,15-16H,7-11H2,1H3/t12-,14-/m1/s1. The van der Waals surface area contributed by atoms with Crippen LogP contribution in [0.5, 0.6) is 0 Å². The Kier molecular flexibility index (Phi) is 3.62. The molecule has 1 saturated carbocycles. The van der Waals surface area contributed by atoms with Crippen LogP contribution in [0.2, 0.25) is 0 Å². The highest BCUT2D eigenvalue weighted by molar-refractivity contribution is 5.14. The molecule has 0 saturated heterocycles. The fourth-order valence-corrected chi connectivity index (χ4v) is 2.56. The molecule has 16 heavy (non-hydrogen) atoms. The van der Waals surface area contributed by atoms with Gasteiger partial charge in [0.25, 0.3) is 0 Å². The maximum absolute atomic E-state index is 10.3. The molecule has 2 atom stereocenters. The smallest absolute Gasteiger partial charge is 0.0774 e. The van der Waals surface area contributed by atoms with Gasteiger partial charge < -0.3 is 10.4 Å². The third kappa shape index (κ3) is 3.06. The number of benzene rings is 1. The topological polar surface area (TPSA) is 32.3 Å². The van der Waals surface area contributed by atoms with Crippen molar-refractivity contribution in [3.8, 4) is 0 Å². The monoisotopic (exact) mass is 219 g/mol. The Morgan fingerprint density at radius 1 is 1.38 bits per heavy atom. The summed E-state index contributed by atoms with van der Waals surface area (Å²) in [6.45, 7) is 3.78. The summed E-state index contributed by atoms with van der Waals surface area (Å²) < 4.78 is 0. The molecule has 0 spiro atoms. The van der Waals surface area contributed by atoms with Crippen LogP contribution >= 0.6 is 0 Å². The number of rotatable bonds is 4. The molecule has 1 aliphatic carbocycles. The maximum atomic E-state index is 10.3. The van der Waals surface area contributed by atoms with E-state index >= 15 is 0 Å². The first kappa shape index (κ1) is 11.6. The van der Waals surface area contributed by atoms with E-state index in [2.05, 4.69) is 24.4 Å². The molecule has 0 aliphatic heterocycles. The van der Waals surface area contributed by atoms with E-state index < -0.39 is 5.60 Å². The van der Waals surface area contributed by atoms with Crippen LogP contribution in [0, 0.1) is 5.92 Å². The Morgan fingerprint density at radius 2 is 2.12 bits per heavy atom. The van der Waals surface area contributed by atoms with Crippen molar-refractivity contribution >= 4 is 0 Å². The summed E-state index contributed by atoms with van der Waals surface area (Å²) in [5, 5.41) is 13.6. The van der Waals surface area contributed by atoms with Gasteiger partial charge in [0.2, 0.25) is 0 Å². The molecule has 1 fully saturated rings. The van der Waals surface area contributed by atoms with Crippen molar-refractivity contribution in [2.24, 2.45) is 5.92 Å². The minimum Gasteiger partial charge on any atom is -0.389 e. The minimum atomic E-state index is -0.464. The molecule has 1 aromatic carbocycles. The molecule has 1 aliphatic rings. The highest BCUT2D eigenvalue weighted by Crippen LogP contribution is 2.33. The predicted octanol–water partition coefficient (Wildman–Crippen LogP) is 2.33. The van der Waals surface area contributed by atoms with Crippen LogP contribution in [-0.2, 0) is 6.54 Å². The van der Waals surface area contributed by atoms with Crippen molar-refractivity contribution in [1.29, 1.82) is 0 Å². The highest BCUT2D eigenvalue weighted by Gasteiger charge is 2.34. The first-order valence-corrected chi connectivity index (χ1v) is 6.15. The van der Waals surface area contributed by atoms with Gasteiger partial charge in [-0.25, -0.2) is 0 Å². The van der Waals surface area contributed by atoms with Crippen LogP contribution in [0.1, 0.15) is 31.7 Å². The maximum Gasteiger partial charge on any atom is 0.0774 e. The van der Waals surface area contributed by atoms with Gasteiger partial charge in [-0.2, -0.15) is 0 Å². The average Bonchev–Trinajstić information content (AvgIpc) is 2.60. The summed E-state index contributed by atoms with van der Waals surface area (Å²) in [5.41, 5.74) is 0.811. The van der Waals surface area contributed by atoms with E-state index in [0.29, 0.717) is 12.5 Å². The third-order valence-electron chi connectivity index (χ3n) is 3.46. The summed E-state index contributed by atoms with van der Waals surface area (Å²) in [5.74, 6) is 0.670. The Hall–Kier alpha value is -0.860. The quantitative estimate of drug-likeness (QED) is 0.814. The number of hydrogen-bond acceptors (Lipinski definition) is 2. The Balaban J connectivity index is 1.76. The van der Waals surface area contributed by atoms with Gasteiger partial charge in [-0.1, -0.05) is 37.3 Å².